The second-order valence-corrected chi connectivity index (χ2v) is 33.9. The third-order valence-corrected chi connectivity index (χ3v) is 23.5. The third-order valence-electron chi connectivity index (χ3n) is 17.4. The maximum absolute atomic E-state index is 13.5. The number of Topliss-reactive ketones (excluding diaryl/α,β-unsaturated/α-hetero) is 2. The van der Waals surface area contributed by atoms with Crippen LogP contribution in [0.15, 0.2) is 275 Å². The van der Waals surface area contributed by atoms with Crippen LogP contribution < -0.4 is 27.8 Å². The standard InChI is InChI=1S/C27H19ClN4O3S.C15H15ClN4OS.C15H13ClN4OS.C14H13ClN4O2S.C13H11ClN4O2S/c28-20-12-7-13-21(14-20)32-25-22(15-29-32)26(35)31(16-23(33)18-8-3-1-4-9-18)27(30-25)36-17-24(34)19-10-5-2-6-11-19;1-9(2)8-22-15-18-13-12(14(21)19-15)7-17-20(13)11-5-3-4-10(16)6-11;1-2-3-7-22-15-18-13-12(14(21)19-15)9-17-20(13)11-6-4-5-10(16)8-11;15-9-3-1-4-10(7-9)19-12-11(8-16-19)13(21)18-14(17-12)22-6-2-5-20;14-8-2-1-3-9(6-8)18-11-10(7-15-18)12(20)17-13(16-11)21-5-4-19/h1-15H,16-17H2;3-7,9H,8H2,1-2H3,(H,18,19,21);2-6,8-9H,7H2,1H3,(H,18,19,21);1,3-4,7-8,20H,2,5-6H2,(H,17,18,21);1-3,6-7,19H,4-5H2,(H,16,17,20)/b;;3-2+;;. The van der Waals surface area contributed by atoms with Crippen LogP contribution in [0.3, 0.4) is 0 Å². The molecule has 0 atom stereocenters. The predicted octanol–water partition coefficient (Wildman–Crippen LogP) is 16.1. The number of benzene rings is 7. The molecule has 0 bridgehead atoms. The number of thioether (sulfide) groups is 5. The predicted molar refractivity (Wildman–Crippen MR) is 490 cm³/mol. The van der Waals surface area contributed by atoms with Crippen molar-refractivity contribution in [2.75, 3.05) is 42.0 Å². The number of allylic oxidation sites excluding steroid dienone is 1. The van der Waals surface area contributed by atoms with Gasteiger partial charge in [-0.2, -0.15) is 25.5 Å². The summed E-state index contributed by atoms with van der Waals surface area (Å²) in [4.78, 5) is 121. The van der Waals surface area contributed by atoms with E-state index in [4.69, 9.17) is 73.2 Å². The average molecular weight is 1840 g/mol. The highest BCUT2D eigenvalue weighted by molar-refractivity contribution is 8.00. The van der Waals surface area contributed by atoms with Crippen molar-refractivity contribution in [3.8, 4) is 28.4 Å². The number of aliphatic hydroxyl groups excluding tert-OH is 2. The molecule has 0 aliphatic carbocycles. The second kappa shape index (κ2) is 42.5. The minimum absolute atomic E-state index is 0.0139. The van der Waals surface area contributed by atoms with Crippen molar-refractivity contribution in [1.29, 1.82) is 0 Å². The fourth-order valence-electron chi connectivity index (χ4n) is 11.6. The number of aromatic amines is 4. The Bertz CT molecular complexity index is 7000. The number of nitrogens with zero attached hydrogens (tertiary/aromatic N) is 16. The molecule has 39 heteroatoms. The van der Waals surface area contributed by atoms with Gasteiger partial charge < -0.3 is 30.1 Å². The molecule has 6 N–H and O–H groups in total. The van der Waals surface area contributed by atoms with Gasteiger partial charge in [0.25, 0.3) is 27.8 Å². The number of ketones is 2. The summed E-state index contributed by atoms with van der Waals surface area (Å²) in [5.41, 5.74) is 5.76. The Hall–Kier alpha value is -11.5. The summed E-state index contributed by atoms with van der Waals surface area (Å²) in [5.74, 6) is 2.99. The van der Waals surface area contributed by atoms with E-state index in [2.05, 4.69) is 79.2 Å². The Kier molecular flexibility index (Phi) is 30.9. The molecule has 0 aliphatic heterocycles. The first kappa shape index (κ1) is 89.3. The van der Waals surface area contributed by atoms with Gasteiger partial charge in [-0.05, 0) is 110 Å². The highest BCUT2D eigenvalue weighted by atomic mass is 35.5. The van der Waals surface area contributed by atoms with Crippen molar-refractivity contribution in [2.45, 2.75) is 59.5 Å². The molecule has 10 aromatic heterocycles. The zero-order chi connectivity index (χ0) is 86.6. The number of aliphatic hydroxyl groups is 2. The lowest BCUT2D eigenvalue weighted by molar-refractivity contribution is 0.0966. The Morgan fingerprint density at radius 2 is 0.748 bits per heavy atom. The largest absolute Gasteiger partial charge is 0.396 e. The van der Waals surface area contributed by atoms with Crippen LogP contribution in [0.25, 0.3) is 83.6 Å². The number of hydrogen-bond donors (Lipinski definition) is 6. The Labute approximate surface area is 744 Å². The molecule has 0 spiro atoms. The van der Waals surface area contributed by atoms with Crippen LogP contribution >= 0.6 is 117 Å². The second-order valence-electron chi connectivity index (χ2n) is 26.6. The molecule has 0 saturated heterocycles. The van der Waals surface area contributed by atoms with Crippen molar-refractivity contribution < 1.29 is 19.8 Å². The van der Waals surface area contributed by atoms with Crippen molar-refractivity contribution >= 4 is 184 Å². The van der Waals surface area contributed by atoms with E-state index in [1.807, 2.05) is 73.7 Å². The van der Waals surface area contributed by atoms with Gasteiger partial charge in [0.1, 0.15) is 26.9 Å². The minimum atomic E-state index is -0.410. The number of halogens is 5. The molecular weight excluding hydrogens is 1770 g/mol. The first-order valence-corrected chi connectivity index (χ1v) is 44.3. The number of rotatable bonds is 25. The zero-order valence-corrected chi connectivity index (χ0v) is 73.0. The molecule has 123 heavy (non-hydrogen) atoms. The molecule has 0 amide bonds. The smallest absolute Gasteiger partial charge is 0.265 e. The summed E-state index contributed by atoms with van der Waals surface area (Å²) in [6.45, 7) is 6.11. The van der Waals surface area contributed by atoms with Gasteiger partial charge in [-0.3, -0.25) is 38.1 Å². The Morgan fingerprint density at radius 3 is 1.10 bits per heavy atom. The third kappa shape index (κ3) is 22.7. The number of carbonyl (C=O) groups excluding carboxylic acids is 2. The zero-order valence-electron chi connectivity index (χ0n) is 65.1. The monoisotopic (exact) mass is 1840 g/mol. The molecule has 0 fully saturated rings. The van der Waals surface area contributed by atoms with E-state index >= 15 is 0 Å². The average Bonchev–Trinajstić information content (AvgIpc) is 1.64. The van der Waals surface area contributed by atoms with Gasteiger partial charge in [0, 0.05) is 65.9 Å². The molecule has 0 unspecified atom stereocenters. The van der Waals surface area contributed by atoms with Crippen LogP contribution in [0.5, 0.6) is 0 Å². The number of carbonyl (C=O) groups is 2. The SMILES string of the molecule is C/C=C/CSc1nc2c(cnn2-c2cccc(Cl)c2)c(=O)[nH]1.CC(C)CSc1nc2c(cnn2-c2cccc(Cl)c2)c(=O)[nH]1.O=C(CSc1nc2c(cnn2-c2cccc(Cl)c2)c(=O)n1CC(=O)c1ccccc1)c1ccccc1.O=c1[nH]c(SCCCO)nc2c1cnn2-c1cccc(Cl)c1.O=c1[nH]c(SCCO)nc2c1cnn2-c1cccc(Cl)c1. The summed E-state index contributed by atoms with van der Waals surface area (Å²) in [5, 5.41) is 46.3. The van der Waals surface area contributed by atoms with Gasteiger partial charge in [0.05, 0.1) is 78.3 Å². The van der Waals surface area contributed by atoms with Gasteiger partial charge in [-0.1, -0.05) is 234 Å². The van der Waals surface area contributed by atoms with E-state index < -0.39 is 5.56 Å². The lowest BCUT2D eigenvalue weighted by atomic mass is 10.1. The van der Waals surface area contributed by atoms with Crippen molar-refractivity contribution in [3.05, 3.63) is 313 Å². The van der Waals surface area contributed by atoms with Crippen molar-refractivity contribution in [1.82, 2.24) is 98.3 Å². The number of fused-ring (bicyclic) bond motifs is 5. The highest BCUT2D eigenvalue weighted by Crippen LogP contribution is 2.29. The van der Waals surface area contributed by atoms with E-state index in [-0.39, 0.29) is 69.9 Å². The van der Waals surface area contributed by atoms with Gasteiger partial charge in [0.15, 0.2) is 65.6 Å². The molecule has 17 aromatic rings. The van der Waals surface area contributed by atoms with E-state index in [1.54, 1.807) is 146 Å². The van der Waals surface area contributed by atoms with Crippen molar-refractivity contribution in [2.24, 2.45) is 5.92 Å². The topological polar surface area (TPSA) is 382 Å². The molecule has 0 saturated carbocycles. The molecular formula is C84H71Cl5N20O9S5. The van der Waals surface area contributed by atoms with Gasteiger partial charge in [0.2, 0.25) is 0 Å². The Morgan fingerprint density at radius 1 is 0.407 bits per heavy atom. The molecule has 17 rings (SSSR count). The molecule has 626 valence electrons. The normalized spacial score (nSPS) is 11.2. The van der Waals surface area contributed by atoms with E-state index in [0.29, 0.717) is 136 Å². The maximum Gasteiger partial charge on any atom is 0.265 e. The quantitative estimate of drug-likeness (QED) is 0.0102. The van der Waals surface area contributed by atoms with Crippen LogP contribution in [0.1, 0.15) is 47.9 Å². The summed E-state index contributed by atoms with van der Waals surface area (Å²) >= 11 is 37.0. The molecule has 0 aliphatic rings. The number of H-pyrrole nitrogens is 4. The van der Waals surface area contributed by atoms with Crippen LogP contribution in [-0.2, 0) is 6.54 Å². The maximum atomic E-state index is 13.5. The van der Waals surface area contributed by atoms with E-state index in [0.717, 1.165) is 46.0 Å². The first-order chi connectivity index (χ1) is 59.6. The van der Waals surface area contributed by atoms with Crippen molar-refractivity contribution in [3.63, 3.8) is 0 Å². The lowest BCUT2D eigenvalue weighted by Gasteiger charge is -2.12. The van der Waals surface area contributed by atoms with Crippen LogP contribution in [0.4, 0.5) is 0 Å². The first-order valence-electron chi connectivity index (χ1n) is 37.5. The minimum Gasteiger partial charge on any atom is -0.396 e. The molecule has 0 radical (unpaired) electrons. The lowest BCUT2D eigenvalue weighted by Crippen LogP contribution is -2.27. The van der Waals surface area contributed by atoms with Gasteiger partial charge in [-0.15, -0.1) is 0 Å². The fourth-order valence-corrected chi connectivity index (χ4v) is 16.4. The summed E-state index contributed by atoms with van der Waals surface area (Å²) in [6, 6.07) is 53.6. The highest BCUT2D eigenvalue weighted by Gasteiger charge is 2.23. The summed E-state index contributed by atoms with van der Waals surface area (Å²) in [7, 11) is 0. The molecule has 7 aromatic carbocycles. The molecule has 10 heterocycles. The van der Waals surface area contributed by atoms with Crippen LogP contribution in [0.2, 0.25) is 25.1 Å². The van der Waals surface area contributed by atoms with Crippen LogP contribution in [-0.4, -0.2) is 162 Å². The molecule has 29 nitrogen and oxygen atoms in total. The summed E-state index contributed by atoms with van der Waals surface area (Å²) in [6.07, 6.45) is 12.0. The van der Waals surface area contributed by atoms with Gasteiger partial charge in [-0.25, -0.2) is 48.3 Å². The summed E-state index contributed by atoms with van der Waals surface area (Å²) < 4.78 is 9.25. The number of nitrogens with one attached hydrogen (secondary N) is 4. The fraction of sp³-hybridized carbons (Fsp3) is 0.155. The number of hydrogen-bond acceptors (Lipinski definition) is 24. The van der Waals surface area contributed by atoms with E-state index in [9.17, 15) is 33.6 Å². The van der Waals surface area contributed by atoms with Gasteiger partial charge >= 0.3 is 0 Å². The van der Waals surface area contributed by atoms with Crippen LogP contribution in [0, 0.1) is 5.92 Å². The Balaban J connectivity index is 0.000000135. The van der Waals surface area contributed by atoms with E-state index in [1.165, 1.54) is 87.3 Å². The number of aromatic nitrogens is 20.